The summed E-state index contributed by atoms with van der Waals surface area (Å²) < 4.78 is 58.0. The number of anilines is 2. The van der Waals surface area contributed by atoms with E-state index in [1.165, 1.54) is 28.1 Å². The number of rotatable bonds is 5. The molecular formula is C18H20ClF4N5O2. The van der Waals surface area contributed by atoms with E-state index in [1.54, 1.807) is 6.92 Å². The molecule has 1 unspecified atom stereocenters. The van der Waals surface area contributed by atoms with Gasteiger partial charge in [-0.1, -0.05) is 0 Å². The zero-order valence-corrected chi connectivity index (χ0v) is 16.7. The monoisotopic (exact) mass is 449 g/mol. The molecule has 0 aliphatic carbocycles. The van der Waals surface area contributed by atoms with Gasteiger partial charge in [-0.25, -0.2) is 9.97 Å². The van der Waals surface area contributed by atoms with Crippen molar-refractivity contribution in [2.24, 2.45) is 5.73 Å². The average Bonchev–Trinajstić information content (AvgIpc) is 2.67. The summed E-state index contributed by atoms with van der Waals surface area (Å²) in [6.45, 7) is 1.96. The first-order chi connectivity index (χ1) is 13.7. The van der Waals surface area contributed by atoms with Crippen molar-refractivity contribution in [1.82, 2.24) is 9.97 Å². The number of carbonyl (C=O) groups is 1. The molecule has 2 aromatic rings. The maximum Gasteiger partial charge on any atom is 0.417 e. The number of pyridine rings is 2. The first-order valence-electron chi connectivity index (χ1n) is 8.78. The van der Waals surface area contributed by atoms with E-state index in [0.717, 1.165) is 6.07 Å². The fraction of sp³-hybridized carbons (Fsp3) is 0.389. The van der Waals surface area contributed by atoms with E-state index in [1.807, 2.05) is 0 Å². The standard InChI is InChI=1S/C18H19F4N5O2.ClH/c1-11(23)10-29-13-4-5-24-17(16(13)19)27-7-6-26(9-15(27)28)14-3-2-12(8-25-14)18(20,21)22;/h2-5,8,11H,6-7,9-10,23H2,1H3;1H. The van der Waals surface area contributed by atoms with E-state index < -0.39 is 23.5 Å². The van der Waals surface area contributed by atoms with Crippen molar-refractivity contribution in [3.05, 3.63) is 42.0 Å². The number of aromatic nitrogens is 2. The molecule has 1 aliphatic heterocycles. The maximum absolute atomic E-state index is 14.7. The third-order valence-corrected chi connectivity index (χ3v) is 4.21. The molecule has 7 nitrogen and oxygen atoms in total. The minimum absolute atomic E-state index is 0. The van der Waals surface area contributed by atoms with Gasteiger partial charge < -0.3 is 15.4 Å². The molecule has 1 aliphatic rings. The number of nitrogens with zero attached hydrogens (tertiary/aromatic N) is 4. The molecule has 1 amide bonds. The highest BCUT2D eigenvalue weighted by atomic mass is 35.5. The number of nitrogens with two attached hydrogens (primary N) is 1. The van der Waals surface area contributed by atoms with Gasteiger partial charge in [-0.3, -0.25) is 9.69 Å². The summed E-state index contributed by atoms with van der Waals surface area (Å²) in [6.07, 6.45) is -2.45. The zero-order valence-electron chi connectivity index (χ0n) is 15.9. The van der Waals surface area contributed by atoms with Crippen LogP contribution in [0.2, 0.25) is 0 Å². The first kappa shape index (κ1) is 23.6. The summed E-state index contributed by atoms with van der Waals surface area (Å²) in [4.78, 5) is 23.0. The quantitative estimate of drug-likeness (QED) is 0.706. The summed E-state index contributed by atoms with van der Waals surface area (Å²) in [5.41, 5.74) is 4.72. The lowest BCUT2D eigenvalue weighted by molar-refractivity contribution is -0.137. The first-order valence-corrected chi connectivity index (χ1v) is 8.78. The molecule has 0 radical (unpaired) electrons. The second kappa shape index (κ2) is 9.43. The fourth-order valence-corrected chi connectivity index (χ4v) is 2.77. The predicted octanol–water partition coefficient (Wildman–Crippen LogP) is 2.64. The van der Waals surface area contributed by atoms with Crippen LogP contribution in [-0.2, 0) is 11.0 Å². The molecule has 2 N–H and O–H groups in total. The number of hydrogen-bond acceptors (Lipinski definition) is 6. The zero-order chi connectivity index (χ0) is 21.2. The van der Waals surface area contributed by atoms with Crippen molar-refractivity contribution >= 4 is 29.9 Å². The molecule has 0 saturated carbocycles. The number of alkyl halides is 3. The van der Waals surface area contributed by atoms with Crippen molar-refractivity contribution < 1.29 is 27.1 Å². The highest BCUT2D eigenvalue weighted by molar-refractivity contribution is 5.97. The Hall–Kier alpha value is -2.66. The summed E-state index contributed by atoms with van der Waals surface area (Å²) in [6, 6.07) is 3.15. The topological polar surface area (TPSA) is 84.6 Å². The van der Waals surface area contributed by atoms with Gasteiger partial charge in [0, 0.05) is 37.6 Å². The SMILES string of the molecule is CC(N)COc1ccnc(N2CCN(c3ccc(C(F)(F)F)cn3)CC2=O)c1F.Cl. The molecule has 12 heteroatoms. The normalized spacial score (nSPS) is 15.6. The fourth-order valence-electron chi connectivity index (χ4n) is 2.77. The number of ether oxygens (including phenoxy) is 1. The lowest BCUT2D eigenvalue weighted by atomic mass is 10.2. The Morgan fingerprint density at radius 2 is 1.97 bits per heavy atom. The average molecular weight is 450 g/mol. The minimum atomic E-state index is -4.49. The van der Waals surface area contributed by atoms with Crippen LogP contribution in [0.5, 0.6) is 5.75 Å². The van der Waals surface area contributed by atoms with Crippen LogP contribution in [0.4, 0.5) is 29.2 Å². The molecule has 3 heterocycles. The van der Waals surface area contributed by atoms with Crippen molar-refractivity contribution in [1.29, 1.82) is 0 Å². The van der Waals surface area contributed by atoms with Gasteiger partial charge in [0.05, 0.1) is 12.1 Å². The van der Waals surface area contributed by atoms with Crippen molar-refractivity contribution in [2.45, 2.75) is 19.1 Å². The summed E-state index contributed by atoms with van der Waals surface area (Å²) in [5.74, 6) is -1.24. The third-order valence-electron chi connectivity index (χ3n) is 4.21. The molecule has 1 fully saturated rings. The highest BCUT2D eigenvalue weighted by Crippen LogP contribution is 2.30. The van der Waals surface area contributed by atoms with Crippen molar-refractivity contribution in [3.8, 4) is 5.75 Å². The van der Waals surface area contributed by atoms with E-state index in [0.29, 0.717) is 6.20 Å². The van der Waals surface area contributed by atoms with Crippen LogP contribution >= 0.6 is 12.4 Å². The molecule has 2 aromatic heterocycles. The van der Waals surface area contributed by atoms with Crippen LogP contribution in [0.1, 0.15) is 12.5 Å². The lowest BCUT2D eigenvalue weighted by Gasteiger charge is -2.34. The van der Waals surface area contributed by atoms with E-state index in [2.05, 4.69) is 9.97 Å². The van der Waals surface area contributed by atoms with Gasteiger partial charge in [-0.15, -0.1) is 12.4 Å². The molecule has 3 rings (SSSR count). The van der Waals surface area contributed by atoms with Gasteiger partial charge in [-0.2, -0.15) is 17.6 Å². The van der Waals surface area contributed by atoms with Gasteiger partial charge in [0.1, 0.15) is 12.4 Å². The molecule has 30 heavy (non-hydrogen) atoms. The van der Waals surface area contributed by atoms with Crippen molar-refractivity contribution in [2.75, 3.05) is 36.0 Å². The van der Waals surface area contributed by atoms with Crippen LogP contribution < -0.4 is 20.3 Å². The van der Waals surface area contributed by atoms with Crippen molar-refractivity contribution in [3.63, 3.8) is 0 Å². The van der Waals surface area contributed by atoms with Gasteiger partial charge in [0.25, 0.3) is 0 Å². The Kier molecular flexibility index (Phi) is 7.43. The largest absolute Gasteiger partial charge is 0.489 e. The van der Waals surface area contributed by atoms with Crippen LogP contribution in [0.15, 0.2) is 30.6 Å². The Labute approximate surface area is 176 Å². The van der Waals surface area contributed by atoms with Gasteiger partial charge in [0.2, 0.25) is 11.7 Å². The highest BCUT2D eigenvalue weighted by Gasteiger charge is 2.32. The number of piperazine rings is 1. The molecular weight excluding hydrogens is 430 g/mol. The Bertz CT molecular complexity index is 880. The Morgan fingerprint density at radius 1 is 1.23 bits per heavy atom. The summed E-state index contributed by atoms with van der Waals surface area (Å²) >= 11 is 0. The molecule has 164 valence electrons. The van der Waals surface area contributed by atoms with Gasteiger partial charge >= 0.3 is 6.18 Å². The predicted molar refractivity (Wildman–Crippen MR) is 104 cm³/mol. The Morgan fingerprint density at radius 3 is 2.53 bits per heavy atom. The van der Waals surface area contributed by atoms with Gasteiger partial charge in [0.15, 0.2) is 11.6 Å². The lowest BCUT2D eigenvalue weighted by Crippen LogP contribution is -2.51. The van der Waals surface area contributed by atoms with Crippen LogP contribution in [-0.4, -0.2) is 48.2 Å². The number of amides is 1. The second-order valence-electron chi connectivity index (χ2n) is 6.60. The summed E-state index contributed by atoms with van der Waals surface area (Å²) in [5, 5.41) is 0. The molecule has 1 saturated heterocycles. The van der Waals surface area contributed by atoms with E-state index in [4.69, 9.17) is 10.5 Å². The smallest absolute Gasteiger partial charge is 0.417 e. The molecule has 0 aromatic carbocycles. The third kappa shape index (κ3) is 5.28. The van der Waals surface area contributed by atoms with Crippen LogP contribution in [0.3, 0.4) is 0 Å². The number of carbonyl (C=O) groups excluding carboxylic acids is 1. The van der Waals surface area contributed by atoms with E-state index in [9.17, 15) is 22.4 Å². The molecule has 0 spiro atoms. The van der Waals surface area contributed by atoms with Crippen LogP contribution in [0, 0.1) is 5.82 Å². The molecule has 1 atom stereocenters. The number of hydrogen-bond donors (Lipinski definition) is 1. The number of halogens is 5. The second-order valence-corrected chi connectivity index (χ2v) is 6.60. The Balaban J connectivity index is 0.00000320. The minimum Gasteiger partial charge on any atom is -0.489 e. The van der Waals surface area contributed by atoms with Crippen LogP contribution in [0.25, 0.3) is 0 Å². The maximum atomic E-state index is 14.7. The molecule has 0 bridgehead atoms. The van der Waals surface area contributed by atoms with E-state index in [-0.39, 0.29) is 62.1 Å². The van der Waals surface area contributed by atoms with Gasteiger partial charge in [-0.05, 0) is 19.1 Å². The van der Waals surface area contributed by atoms with E-state index >= 15 is 0 Å². The summed E-state index contributed by atoms with van der Waals surface area (Å²) in [7, 11) is 0.